The Morgan fingerprint density at radius 2 is 2.11 bits per heavy atom. The van der Waals surface area contributed by atoms with Gasteiger partial charge in [-0.2, -0.15) is 0 Å². The highest BCUT2D eigenvalue weighted by molar-refractivity contribution is 5.51. The molecule has 3 nitrogen and oxygen atoms in total. The molecule has 0 aromatic carbocycles. The molecule has 1 aromatic rings. The van der Waals surface area contributed by atoms with E-state index in [9.17, 15) is 0 Å². The van der Waals surface area contributed by atoms with Crippen molar-refractivity contribution in [2.24, 2.45) is 5.92 Å². The molecule has 0 amide bonds. The van der Waals surface area contributed by atoms with Gasteiger partial charge in [-0.3, -0.25) is 4.98 Å². The first-order valence-electron chi connectivity index (χ1n) is 7.57. The van der Waals surface area contributed by atoms with Gasteiger partial charge in [-0.15, -0.1) is 0 Å². The van der Waals surface area contributed by atoms with Crippen LogP contribution in [-0.4, -0.2) is 24.6 Å². The molecule has 0 radical (unpaired) electrons. The zero-order valence-electron chi connectivity index (χ0n) is 12.9. The SMILES string of the molecule is CCCCN(CC)c1cnccc1CNCC(C)C. The summed E-state index contributed by atoms with van der Waals surface area (Å²) in [4.78, 5) is 6.73. The van der Waals surface area contributed by atoms with E-state index in [1.165, 1.54) is 24.1 Å². The van der Waals surface area contributed by atoms with Crippen molar-refractivity contribution in [2.75, 3.05) is 24.5 Å². The van der Waals surface area contributed by atoms with Crippen LogP contribution in [-0.2, 0) is 6.54 Å². The van der Waals surface area contributed by atoms with Crippen molar-refractivity contribution in [3.63, 3.8) is 0 Å². The van der Waals surface area contributed by atoms with E-state index in [2.05, 4.69) is 49.0 Å². The maximum Gasteiger partial charge on any atom is 0.0598 e. The fourth-order valence-electron chi connectivity index (χ4n) is 2.14. The van der Waals surface area contributed by atoms with E-state index in [1.807, 2.05) is 12.4 Å². The first-order chi connectivity index (χ1) is 9.19. The van der Waals surface area contributed by atoms with Gasteiger partial charge in [0, 0.05) is 25.8 Å². The smallest absolute Gasteiger partial charge is 0.0598 e. The molecule has 0 aliphatic rings. The van der Waals surface area contributed by atoms with Crippen molar-refractivity contribution in [2.45, 2.75) is 47.1 Å². The van der Waals surface area contributed by atoms with Gasteiger partial charge in [0.15, 0.2) is 0 Å². The highest BCUT2D eigenvalue weighted by Crippen LogP contribution is 2.19. The van der Waals surface area contributed by atoms with Gasteiger partial charge in [0.1, 0.15) is 0 Å². The third-order valence-corrected chi connectivity index (χ3v) is 3.26. The molecule has 1 rings (SSSR count). The maximum atomic E-state index is 4.30. The second-order valence-electron chi connectivity index (χ2n) is 5.46. The summed E-state index contributed by atoms with van der Waals surface area (Å²) >= 11 is 0. The number of unbranched alkanes of at least 4 members (excludes halogenated alkanes) is 1. The van der Waals surface area contributed by atoms with E-state index >= 15 is 0 Å². The van der Waals surface area contributed by atoms with Crippen LogP contribution in [0.5, 0.6) is 0 Å². The molecule has 0 aliphatic carbocycles. The molecule has 1 heterocycles. The molecule has 0 atom stereocenters. The van der Waals surface area contributed by atoms with Crippen molar-refractivity contribution < 1.29 is 0 Å². The van der Waals surface area contributed by atoms with Crippen molar-refractivity contribution >= 4 is 5.69 Å². The zero-order valence-corrected chi connectivity index (χ0v) is 12.9. The number of anilines is 1. The molecule has 3 heteroatoms. The van der Waals surface area contributed by atoms with Gasteiger partial charge in [0.2, 0.25) is 0 Å². The lowest BCUT2D eigenvalue weighted by Crippen LogP contribution is -2.27. The van der Waals surface area contributed by atoms with Crippen LogP contribution < -0.4 is 10.2 Å². The summed E-state index contributed by atoms with van der Waals surface area (Å²) in [5.41, 5.74) is 2.64. The van der Waals surface area contributed by atoms with E-state index < -0.39 is 0 Å². The largest absolute Gasteiger partial charge is 0.370 e. The normalized spacial score (nSPS) is 11.0. The molecular weight excluding hydrogens is 234 g/mol. The first kappa shape index (κ1) is 16.0. The predicted molar refractivity (Wildman–Crippen MR) is 83.6 cm³/mol. The van der Waals surface area contributed by atoms with Gasteiger partial charge in [0.05, 0.1) is 11.9 Å². The van der Waals surface area contributed by atoms with Gasteiger partial charge in [-0.25, -0.2) is 0 Å². The molecular formula is C16H29N3. The molecule has 108 valence electrons. The van der Waals surface area contributed by atoms with Crippen molar-refractivity contribution in [1.29, 1.82) is 0 Å². The standard InChI is InChI=1S/C16H29N3/c1-5-7-10-19(6-2)16-13-17-9-8-15(16)12-18-11-14(3)4/h8-9,13-14,18H,5-7,10-12H2,1-4H3. The molecule has 0 fully saturated rings. The van der Waals surface area contributed by atoms with Crippen LogP contribution in [0.25, 0.3) is 0 Å². The van der Waals surface area contributed by atoms with E-state index in [0.29, 0.717) is 5.92 Å². The van der Waals surface area contributed by atoms with Crippen LogP contribution in [0.15, 0.2) is 18.5 Å². The average molecular weight is 263 g/mol. The second-order valence-corrected chi connectivity index (χ2v) is 5.46. The lowest BCUT2D eigenvalue weighted by atomic mass is 10.1. The minimum Gasteiger partial charge on any atom is -0.370 e. The van der Waals surface area contributed by atoms with E-state index in [-0.39, 0.29) is 0 Å². The lowest BCUT2D eigenvalue weighted by Gasteiger charge is -2.25. The molecule has 0 saturated carbocycles. The van der Waals surface area contributed by atoms with E-state index in [1.54, 1.807) is 0 Å². The third-order valence-electron chi connectivity index (χ3n) is 3.26. The average Bonchev–Trinajstić information content (AvgIpc) is 2.40. The van der Waals surface area contributed by atoms with Crippen LogP contribution >= 0.6 is 0 Å². The Morgan fingerprint density at radius 3 is 2.74 bits per heavy atom. The van der Waals surface area contributed by atoms with Crippen LogP contribution in [0.4, 0.5) is 5.69 Å². The second kappa shape index (κ2) is 8.92. The molecule has 0 bridgehead atoms. The summed E-state index contributed by atoms with van der Waals surface area (Å²) in [6.07, 6.45) is 6.37. The summed E-state index contributed by atoms with van der Waals surface area (Å²) in [5.74, 6) is 0.688. The molecule has 0 spiro atoms. The molecule has 0 saturated heterocycles. The minimum atomic E-state index is 0.688. The number of hydrogen-bond acceptors (Lipinski definition) is 3. The fraction of sp³-hybridized carbons (Fsp3) is 0.688. The van der Waals surface area contributed by atoms with Crippen LogP contribution in [0.1, 0.15) is 46.1 Å². The maximum absolute atomic E-state index is 4.30. The number of pyridine rings is 1. The number of hydrogen-bond donors (Lipinski definition) is 1. The zero-order chi connectivity index (χ0) is 14.1. The van der Waals surface area contributed by atoms with Gasteiger partial charge < -0.3 is 10.2 Å². The van der Waals surface area contributed by atoms with Crippen LogP contribution in [0.2, 0.25) is 0 Å². The van der Waals surface area contributed by atoms with E-state index in [4.69, 9.17) is 0 Å². The molecule has 1 aromatic heterocycles. The Labute approximate surface area is 118 Å². The summed E-state index contributed by atoms with van der Waals surface area (Å²) in [5, 5.41) is 3.52. The summed E-state index contributed by atoms with van der Waals surface area (Å²) in [6, 6.07) is 2.14. The topological polar surface area (TPSA) is 28.2 Å². The highest BCUT2D eigenvalue weighted by Gasteiger charge is 2.09. The highest BCUT2D eigenvalue weighted by atomic mass is 15.1. The summed E-state index contributed by atoms with van der Waals surface area (Å²) in [6.45, 7) is 13.1. The van der Waals surface area contributed by atoms with Gasteiger partial charge in [-0.05, 0) is 37.4 Å². The molecule has 19 heavy (non-hydrogen) atoms. The third kappa shape index (κ3) is 5.60. The Morgan fingerprint density at radius 1 is 1.32 bits per heavy atom. The Hall–Kier alpha value is -1.09. The van der Waals surface area contributed by atoms with Crippen molar-refractivity contribution in [1.82, 2.24) is 10.3 Å². The Kier molecular flexibility index (Phi) is 7.49. The quantitative estimate of drug-likeness (QED) is 0.739. The van der Waals surface area contributed by atoms with Gasteiger partial charge in [0.25, 0.3) is 0 Å². The number of nitrogens with zero attached hydrogens (tertiary/aromatic N) is 2. The molecule has 0 unspecified atom stereocenters. The Balaban J connectivity index is 2.69. The number of rotatable bonds is 9. The predicted octanol–water partition coefficient (Wildman–Crippen LogP) is 3.45. The monoisotopic (exact) mass is 263 g/mol. The van der Waals surface area contributed by atoms with Crippen LogP contribution in [0.3, 0.4) is 0 Å². The minimum absolute atomic E-state index is 0.688. The number of aromatic nitrogens is 1. The van der Waals surface area contributed by atoms with Crippen LogP contribution in [0, 0.1) is 5.92 Å². The fourth-order valence-corrected chi connectivity index (χ4v) is 2.14. The molecule has 0 aliphatic heterocycles. The van der Waals surface area contributed by atoms with Gasteiger partial charge >= 0.3 is 0 Å². The van der Waals surface area contributed by atoms with E-state index in [0.717, 1.165) is 26.2 Å². The summed E-state index contributed by atoms with van der Waals surface area (Å²) in [7, 11) is 0. The van der Waals surface area contributed by atoms with Crippen molar-refractivity contribution in [3.05, 3.63) is 24.0 Å². The Bertz CT molecular complexity index is 350. The molecule has 1 N–H and O–H groups in total. The number of nitrogens with one attached hydrogen (secondary N) is 1. The first-order valence-corrected chi connectivity index (χ1v) is 7.57. The lowest BCUT2D eigenvalue weighted by molar-refractivity contribution is 0.551. The van der Waals surface area contributed by atoms with Crippen molar-refractivity contribution in [3.8, 4) is 0 Å². The van der Waals surface area contributed by atoms with Gasteiger partial charge in [-0.1, -0.05) is 27.2 Å². The summed E-state index contributed by atoms with van der Waals surface area (Å²) < 4.78 is 0.